The number of hydrogen-bond acceptors (Lipinski definition) is 6. The lowest BCUT2D eigenvalue weighted by atomic mass is 9.88. The second-order valence-corrected chi connectivity index (χ2v) is 8.54. The standard InChI is InChI=1S/C21H23FN4O3S/c1-2-25-7-9-26(10-8-25)20(29)14-11-16-18(17(27)12-14)30-21(23-16)24-19(28)13-3-5-15(22)6-4-13/h3-6,14H,2,7-12H2,1H3,(H,23,24,28). The summed E-state index contributed by atoms with van der Waals surface area (Å²) in [7, 11) is 0. The van der Waals surface area contributed by atoms with Crippen LogP contribution in [0.4, 0.5) is 9.52 Å². The maximum atomic E-state index is 13.0. The Morgan fingerprint density at radius 2 is 1.87 bits per heavy atom. The fourth-order valence-corrected chi connectivity index (χ4v) is 4.81. The summed E-state index contributed by atoms with van der Waals surface area (Å²) in [6.07, 6.45) is 0.574. The van der Waals surface area contributed by atoms with Gasteiger partial charge in [-0.1, -0.05) is 18.3 Å². The minimum Gasteiger partial charge on any atom is -0.340 e. The molecule has 2 amide bonds. The second-order valence-electron chi connectivity index (χ2n) is 7.54. The number of rotatable bonds is 4. The zero-order valence-corrected chi connectivity index (χ0v) is 17.5. The van der Waals surface area contributed by atoms with E-state index >= 15 is 0 Å². The Morgan fingerprint density at radius 3 is 2.53 bits per heavy atom. The fraction of sp³-hybridized carbons (Fsp3) is 0.429. The number of hydrogen-bond donors (Lipinski definition) is 1. The van der Waals surface area contributed by atoms with Crippen LogP contribution in [0.25, 0.3) is 0 Å². The van der Waals surface area contributed by atoms with Crippen LogP contribution in [0.5, 0.6) is 0 Å². The number of fused-ring (bicyclic) bond motifs is 1. The third-order valence-electron chi connectivity index (χ3n) is 5.63. The van der Waals surface area contributed by atoms with Gasteiger partial charge in [-0.25, -0.2) is 9.37 Å². The zero-order valence-electron chi connectivity index (χ0n) is 16.7. The van der Waals surface area contributed by atoms with Crippen molar-refractivity contribution in [2.24, 2.45) is 5.92 Å². The topological polar surface area (TPSA) is 82.6 Å². The molecule has 0 radical (unpaired) electrons. The quantitative estimate of drug-likeness (QED) is 0.806. The van der Waals surface area contributed by atoms with Gasteiger partial charge in [0.25, 0.3) is 5.91 Å². The van der Waals surface area contributed by atoms with Gasteiger partial charge in [0.2, 0.25) is 5.91 Å². The van der Waals surface area contributed by atoms with Crippen LogP contribution in [0.15, 0.2) is 24.3 Å². The van der Waals surface area contributed by atoms with Crippen molar-refractivity contribution in [2.45, 2.75) is 19.8 Å². The number of ketones is 1. The van der Waals surface area contributed by atoms with Crippen molar-refractivity contribution in [3.63, 3.8) is 0 Å². The predicted molar refractivity (Wildman–Crippen MR) is 111 cm³/mol. The summed E-state index contributed by atoms with van der Waals surface area (Å²) in [6, 6.07) is 5.19. The lowest BCUT2D eigenvalue weighted by molar-refractivity contribution is -0.137. The summed E-state index contributed by atoms with van der Waals surface area (Å²) in [5, 5.41) is 2.98. The lowest BCUT2D eigenvalue weighted by Gasteiger charge is -2.36. The SMILES string of the molecule is CCN1CCN(C(=O)C2CC(=O)c3sc(NC(=O)c4ccc(F)cc4)nc3C2)CC1. The first kappa shape index (κ1) is 20.6. The van der Waals surface area contributed by atoms with Gasteiger partial charge in [-0.05, 0) is 30.8 Å². The van der Waals surface area contributed by atoms with Crippen molar-refractivity contribution in [2.75, 3.05) is 38.0 Å². The van der Waals surface area contributed by atoms with Gasteiger partial charge >= 0.3 is 0 Å². The van der Waals surface area contributed by atoms with Crippen LogP contribution in [0.3, 0.4) is 0 Å². The molecule has 2 aliphatic rings. The number of aromatic nitrogens is 1. The molecule has 1 unspecified atom stereocenters. The van der Waals surface area contributed by atoms with Crippen molar-refractivity contribution in [3.05, 3.63) is 46.2 Å². The van der Waals surface area contributed by atoms with Crippen LogP contribution < -0.4 is 5.32 Å². The Morgan fingerprint density at radius 1 is 1.17 bits per heavy atom. The Balaban J connectivity index is 1.43. The molecule has 1 aromatic carbocycles. The van der Waals surface area contributed by atoms with E-state index in [1.807, 2.05) is 4.90 Å². The molecule has 1 aliphatic carbocycles. The van der Waals surface area contributed by atoms with E-state index in [2.05, 4.69) is 22.1 Å². The van der Waals surface area contributed by atoms with E-state index in [1.54, 1.807) is 0 Å². The minimum absolute atomic E-state index is 0.00894. The molecule has 7 nitrogen and oxygen atoms in total. The molecule has 1 atom stereocenters. The summed E-state index contributed by atoms with van der Waals surface area (Å²) in [4.78, 5) is 46.9. The number of halogens is 1. The number of anilines is 1. The molecule has 1 aliphatic heterocycles. The fourth-order valence-electron chi connectivity index (χ4n) is 3.87. The van der Waals surface area contributed by atoms with Gasteiger partial charge in [-0.2, -0.15) is 0 Å². The molecular weight excluding hydrogens is 407 g/mol. The Bertz CT molecular complexity index is 967. The van der Waals surface area contributed by atoms with Gasteiger partial charge < -0.3 is 9.80 Å². The lowest BCUT2D eigenvalue weighted by Crippen LogP contribution is -2.51. The summed E-state index contributed by atoms with van der Waals surface area (Å²) >= 11 is 1.12. The molecule has 1 saturated heterocycles. The van der Waals surface area contributed by atoms with Gasteiger partial charge in [-0.15, -0.1) is 0 Å². The molecule has 2 aromatic rings. The average Bonchev–Trinajstić information content (AvgIpc) is 3.16. The van der Waals surface area contributed by atoms with Gasteiger partial charge in [0.1, 0.15) is 5.82 Å². The molecule has 4 rings (SSSR count). The number of piperazine rings is 1. The van der Waals surface area contributed by atoms with Gasteiger partial charge in [0.05, 0.1) is 16.5 Å². The van der Waals surface area contributed by atoms with Crippen LogP contribution in [0, 0.1) is 11.7 Å². The van der Waals surface area contributed by atoms with Crippen LogP contribution in [-0.4, -0.2) is 65.1 Å². The molecule has 0 spiro atoms. The molecule has 0 saturated carbocycles. The number of benzene rings is 1. The third-order valence-corrected chi connectivity index (χ3v) is 6.68. The monoisotopic (exact) mass is 430 g/mol. The molecule has 1 aromatic heterocycles. The van der Waals surface area contributed by atoms with E-state index < -0.39 is 17.6 Å². The Kier molecular flexibility index (Phi) is 5.92. The number of amides is 2. The number of nitrogens with zero attached hydrogens (tertiary/aromatic N) is 3. The van der Waals surface area contributed by atoms with E-state index in [0.29, 0.717) is 40.8 Å². The van der Waals surface area contributed by atoms with Crippen LogP contribution >= 0.6 is 11.3 Å². The molecule has 0 bridgehead atoms. The summed E-state index contributed by atoms with van der Waals surface area (Å²) < 4.78 is 13.0. The van der Waals surface area contributed by atoms with Crippen molar-refractivity contribution in [1.29, 1.82) is 0 Å². The maximum absolute atomic E-state index is 13.0. The third kappa shape index (κ3) is 4.27. The summed E-state index contributed by atoms with van der Waals surface area (Å²) in [5.74, 6) is -1.35. The highest BCUT2D eigenvalue weighted by Crippen LogP contribution is 2.33. The Labute approximate surface area is 177 Å². The highest BCUT2D eigenvalue weighted by molar-refractivity contribution is 7.17. The highest BCUT2D eigenvalue weighted by Gasteiger charge is 2.36. The van der Waals surface area contributed by atoms with Crippen LogP contribution in [-0.2, 0) is 11.2 Å². The van der Waals surface area contributed by atoms with Crippen molar-refractivity contribution in [3.8, 4) is 0 Å². The van der Waals surface area contributed by atoms with E-state index in [9.17, 15) is 18.8 Å². The van der Waals surface area contributed by atoms with E-state index in [1.165, 1.54) is 24.3 Å². The van der Waals surface area contributed by atoms with Gasteiger partial charge in [0.15, 0.2) is 10.9 Å². The van der Waals surface area contributed by atoms with E-state index in [-0.39, 0.29) is 18.1 Å². The molecule has 9 heteroatoms. The molecule has 158 valence electrons. The highest BCUT2D eigenvalue weighted by atomic mass is 32.1. The molecule has 1 N–H and O–H groups in total. The number of nitrogens with one attached hydrogen (secondary N) is 1. The smallest absolute Gasteiger partial charge is 0.257 e. The van der Waals surface area contributed by atoms with Crippen molar-refractivity contribution in [1.82, 2.24) is 14.8 Å². The van der Waals surface area contributed by atoms with E-state index in [4.69, 9.17) is 0 Å². The molecule has 2 heterocycles. The largest absolute Gasteiger partial charge is 0.340 e. The first-order chi connectivity index (χ1) is 14.4. The minimum atomic E-state index is -0.423. The maximum Gasteiger partial charge on any atom is 0.257 e. The van der Waals surface area contributed by atoms with Gasteiger partial charge in [0, 0.05) is 44.6 Å². The molecule has 30 heavy (non-hydrogen) atoms. The normalized spacial score (nSPS) is 19.5. The number of carbonyl (C=O) groups is 3. The first-order valence-electron chi connectivity index (χ1n) is 10.1. The van der Waals surface area contributed by atoms with Crippen LogP contribution in [0.2, 0.25) is 0 Å². The number of carbonyl (C=O) groups excluding carboxylic acids is 3. The number of likely N-dealkylation sites (N-methyl/N-ethyl adjacent to an activating group) is 1. The first-order valence-corrected chi connectivity index (χ1v) is 10.9. The average molecular weight is 431 g/mol. The molecule has 1 fully saturated rings. The number of thiazole rings is 1. The Hall–Kier alpha value is -2.65. The summed E-state index contributed by atoms with van der Waals surface area (Å²) in [6.45, 7) is 6.14. The molecular formula is C21H23FN4O3S. The zero-order chi connectivity index (χ0) is 21.3. The summed E-state index contributed by atoms with van der Waals surface area (Å²) in [5.41, 5.74) is 0.867. The van der Waals surface area contributed by atoms with Crippen LogP contribution in [0.1, 0.15) is 39.1 Å². The van der Waals surface area contributed by atoms with E-state index in [0.717, 1.165) is 31.0 Å². The second kappa shape index (κ2) is 8.61. The van der Waals surface area contributed by atoms with Gasteiger partial charge in [-0.3, -0.25) is 19.7 Å². The number of Topliss-reactive ketones (excluding diaryl/α,β-unsaturated/α-hetero) is 1. The predicted octanol–water partition coefficient (Wildman–Crippen LogP) is 2.44. The van der Waals surface area contributed by atoms with Crippen molar-refractivity contribution < 1.29 is 18.8 Å². The van der Waals surface area contributed by atoms with Crippen molar-refractivity contribution >= 4 is 34.1 Å².